The second kappa shape index (κ2) is 13.0. The summed E-state index contributed by atoms with van der Waals surface area (Å²) in [5.74, 6) is -2.03. The molecule has 0 saturated heterocycles. The van der Waals surface area contributed by atoms with Gasteiger partial charge in [0.2, 0.25) is 6.29 Å². The number of nitrogens with zero attached hydrogens (tertiary/aromatic N) is 1. The molecule has 1 saturated carbocycles. The van der Waals surface area contributed by atoms with Crippen LogP contribution in [0.3, 0.4) is 0 Å². The van der Waals surface area contributed by atoms with E-state index >= 15 is 0 Å². The molecule has 1 aromatic carbocycles. The van der Waals surface area contributed by atoms with Crippen LogP contribution in [0.1, 0.15) is 70.5 Å². The molecule has 11 nitrogen and oxygen atoms in total. The molecular formula is C28H34N4O7. The lowest BCUT2D eigenvalue weighted by Crippen LogP contribution is -2.34. The fourth-order valence-electron chi connectivity index (χ4n) is 3.66. The van der Waals surface area contributed by atoms with Gasteiger partial charge in [-0.1, -0.05) is 26.5 Å². The topological polar surface area (TPSA) is 145 Å². The first-order chi connectivity index (χ1) is 18.6. The van der Waals surface area contributed by atoms with Crippen molar-refractivity contribution in [2.24, 2.45) is 11.8 Å². The normalized spacial score (nSPS) is 13.3. The Morgan fingerprint density at radius 1 is 1.08 bits per heavy atom. The number of esters is 2. The van der Waals surface area contributed by atoms with Gasteiger partial charge in [-0.25, -0.2) is 15.2 Å². The van der Waals surface area contributed by atoms with E-state index in [1.807, 2.05) is 0 Å². The summed E-state index contributed by atoms with van der Waals surface area (Å²) in [5.41, 5.74) is 6.08. The number of carbonyl (C=O) groups is 4. The molecule has 1 aliphatic carbocycles. The van der Waals surface area contributed by atoms with Crippen molar-refractivity contribution in [1.29, 1.82) is 0 Å². The van der Waals surface area contributed by atoms with E-state index in [2.05, 4.69) is 27.7 Å². The maximum Gasteiger partial charge on any atom is 0.360 e. The van der Waals surface area contributed by atoms with Gasteiger partial charge in [0.25, 0.3) is 11.8 Å². The SMILES string of the molecule is C=Cc1cc(C(=O)NNC)c(-c2ccc(C(=O)NCC3CC3)nc2C(=O)OC(C)OC(=O)C(C)C)cc1OC. The first-order valence-corrected chi connectivity index (χ1v) is 12.6. The molecule has 1 heterocycles. The monoisotopic (exact) mass is 538 g/mol. The molecular weight excluding hydrogens is 504 g/mol. The third-order valence-corrected chi connectivity index (χ3v) is 5.96. The maximum absolute atomic E-state index is 13.4. The van der Waals surface area contributed by atoms with Crippen LogP contribution in [0, 0.1) is 11.8 Å². The number of ether oxygens (including phenoxy) is 3. The summed E-state index contributed by atoms with van der Waals surface area (Å²) in [6, 6.07) is 6.11. The van der Waals surface area contributed by atoms with Crippen LogP contribution in [0.15, 0.2) is 30.8 Å². The molecule has 1 aromatic heterocycles. The first-order valence-electron chi connectivity index (χ1n) is 12.6. The van der Waals surface area contributed by atoms with Crippen LogP contribution in [-0.4, -0.2) is 55.7 Å². The van der Waals surface area contributed by atoms with Gasteiger partial charge in [-0.2, -0.15) is 0 Å². The third kappa shape index (κ3) is 7.41. The van der Waals surface area contributed by atoms with E-state index < -0.39 is 36.0 Å². The van der Waals surface area contributed by atoms with E-state index in [1.165, 1.54) is 39.3 Å². The fourth-order valence-corrected chi connectivity index (χ4v) is 3.66. The lowest BCUT2D eigenvalue weighted by molar-refractivity contribution is -0.169. The molecule has 0 radical (unpaired) electrons. The van der Waals surface area contributed by atoms with Crippen LogP contribution in [0.2, 0.25) is 0 Å². The van der Waals surface area contributed by atoms with Gasteiger partial charge in [-0.3, -0.25) is 19.8 Å². The van der Waals surface area contributed by atoms with Crippen molar-refractivity contribution in [3.63, 3.8) is 0 Å². The molecule has 0 spiro atoms. The minimum Gasteiger partial charge on any atom is -0.496 e. The average molecular weight is 539 g/mol. The average Bonchev–Trinajstić information content (AvgIpc) is 3.75. The zero-order chi connectivity index (χ0) is 28.7. The van der Waals surface area contributed by atoms with Crippen LogP contribution in [0.5, 0.6) is 5.75 Å². The number of nitrogens with one attached hydrogen (secondary N) is 3. The molecule has 0 aliphatic heterocycles. The van der Waals surface area contributed by atoms with E-state index in [1.54, 1.807) is 26.0 Å². The van der Waals surface area contributed by atoms with E-state index in [-0.39, 0.29) is 22.5 Å². The van der Waals surface area contributed by atoms with Gasteiger partial charge in [0, 0.05) is 42.8 Å². The molecule has 208 valence electrons. The predicted molar refractivity (Wildman–Crippen MR) is 144 cm³/mol. The number of benzene rings is 1. The highest BCUT2D eigenvalue weighted by Crippen LogP contribution is 2.34. The summed E-state index contributed by atoms with van der Waals surface area (Å²) in [5, 5.41) is 2.82. The van der Waals surface area contributed by atoms with E-state index in [0.29, 0.717) is 29.3 Å². The van der Waals surface area contributed by atoms with E-state index in [9.17, 15) is 19.2 Å². The highest BCUT2D eigenvalue weighted by molar-refractivity contribution is 6.06. The maximum atomic E-state index is 13.4. The van der Waals surface area contributed by atoms with Gasteiger partial charge >= 0.3 is 11.9 Å². The second-order valence-electron chi connectivity index (χ2n) is 9.36. The molecule has 1 fully saturated rings. The number of hydrogen-bond donors (Lipinski definition) is 3. The molecule has 2 aromatic rings. The molecule has 11 heteroatoms. The molecule has 1 aliphatic rings. The third-order valence-electron chi connectivity index (χ3n) is 5.96. The van der Waals surface area contributed by atoms with E-state index in [4.69, 9.17) is 14.2 Å². The minimum atomic E-state index is -1.22. The van der Waals surface area contributed by atoms with Crippen molar-refractivity contribution in [3.05, 3.63) is 53.4 Å². The van der Waals surface area contributed by atoms with Crippen molar-refractivity contribution in [1.82, 2.24) is 21.2 Å². The Labute approximate surface area is 227 Å². The van der Waals surface area contributed by atoms with Gasteiger partial charge < -0.3 is 19.5 Å². The lowest BCUT2D eigenvalue weighted by atomic mass is 9.94. The quantitative estimate of drug-likeness (QED) is 0.211. The minimum absolute atomic E-state index is 0.00548. The largest absolute Gasteiger partial charge is 0.496 e. The van der Waals surface area contributed by atoms with Crippen LogP contribution in [-0.2, 0) is 14.3 Å². The zero-order valence-electron chi connectivity index (χ0n) is 22.8. The first kappa shape index (κ1) is 29.3. The van der Waals surface area contributed by atoms with Crippen molar-refractivity contribution in [2.75, 3.05) is 20.7 Å². The number of amides is 2. The molecule has 39 heavy (non-hydrogen) atoms. The number of hydrazine groups is 1. The summed E-state index contributed by atoms with van der Waals surface area (Å²) >= 11 is 0. The van der Waals surface area contributed by atoms with E-state index in [0.717, 1.165) is 12.8 Å². The second-order valence-corrected chi connectivity index (χ2v) is 9.36. The summed E-state index contributed by atoms with van der Waals surface area (Å²) in [7, 11) is 3.00. The van der Waals surface area contributed by atoms with Gasteiger partial charge in [0.15, 0.2) is 5.69 Å². The Morgan fingerprint density at radius 2 is 1.79 bits per heavy atom. The van der Waals surface area contributed by atoms with Crippen molar-refractivity contribution in [2.45, 2.75) is 39.9 Å². The highest BCUT2D eigenvalue weighted by atomic mass is 16.7. The molecule has 3 N–H and O–H groups in total. The molecule has 1 unspecified atom stereocenters. The Hall–Kier alpha value is -4.25. The zero-order valence-corrected chi connectivity index (χ0v) is 22.8. The number of hydrogen-bond acceptors (Lipinski definition) is 9. The van der Waals surface area contributed by atoms with Crippen LogP contribution in [0.25, 0.3) is 17.2 Å². The Morgan fingerprint density at radius 3 is 2.38 bits per heavy atom. The predicted octanol–water partition coefficient (Wildman–Crippen LogP) is 3.11. The Kier molecular flexibility index (Phi) is 9.78. The van der Waals surface area contributed by atoms with Gasteiger partial charge in [-0.15, -0.1) is 0 Å². The van der Waals surface area contributed by atoms with Crippen LogP contribution in [0.4, 0.5) is 0 Å². The summed E-state index contributed by atoms with van der Waals surface area (Å²) in [6.45, 7) is 8.98. The lowest BCUT2D eigenvalue weighted by Gasteiger charge is -2.18. The number of methoxy groups -OCH3 is 1. The van der Waals surface area contributed by atoms with Gasteiger partial charge in [0.1, 0.15) is 11.4 Å². The Balaban J connectivity index is 2.11. The molecule has 1 atom stereocenters. The number of rotatable bonds is 12. The van der Waals surface area contributed by atoms with Gasteiger partial charge in [-0.05, 0) is 43.0 Å². The Bertz CT molecular complexity index is 1270. The molecule has 2 amide bonds. The molecule has 3 rings (SSSR count). The summed E-state index contributed by atoms with van der Waals surface area (Å²) in [4.78, 5) is 55.4. The van der Waals surface area contributed by atoms with Crippen molar-refractivity contribution in [3.8, 4) is 16.9 Å². The summed E-state index contributed by atoms with van der Waals surface area (Å²) < 4.78 is 16.0. The number of carbonyl (C=O) groups excluding carboxylic acids is 4. The standard InChI is InChI=1S/C28H34N4O7/c1-7-18-12-21(25(33)32-29-5)20(13-23(18)37-6)19-10-11-22(26(34)30-14-17-8-9-17)31-24(19)28(36)39-16(4)38-27(35)15(2)3/h7,10-13,15-17,29H,1,8-9,14H2,2-6H3,(H,30,34)(H,32,33). The number of aromatic nitrogens is 1. The van der Waals surface area contributed by atoms with Crippen LogP contribution < -0.4 is 20.9 Å². The fraction of sp³-hybridized carbons (Fsp3) is 0.393. The van der Waals surface area contributed by atoms with Crippen LogP contribution >= 0.6 is 0 Å². The highest BCUT2D eigenvalue weighted by Gasteiger charge is 2.27. The van der Waals surface area contributed by atoms with Crippen molar-refractivity contribution < 1.29 is 33.4 Å². The number of pyridine rings is 1. The smallest absolute Gasteiger partial charge is 0.360 e. The van der Waals surface area contributed by atoms with Crippen molar-refractivity contribution >= 4 is 29.8 Å². The summed E-state index contributed by atoms with van der Waals surface area (Å²) in [6.07, 6.45) is 2.41. The van der Waals surface area contributed by atoms with Gasteiger partial charge in [0.05, 0.1) is 13.0 Å². The molecule has 0 bridgehead atoms.